The van der Waals surface area contributed by atoms with Crippen molar-refractivity contribution >= 4 is 21.6 Å². The van der Waals surface area contributed by atoms with Gasteiger partial charge in [-0.25, -0.2) is 4.98 Å². The zero-order valence-corrected chi connectivity index (χ0v) is 20.4. The maximum Gasteiger partial charge on any atom is 0.151 e. The van der Waals surface area contributed by atoms with Crippen LogP contribution in [0.2, 0.25) is 0 Å². The summed E-state index contributed by atoms with van der Waals surface area (Å²) < 4.78 is 12.6. The number of piperazine rings is 1. The van der Waals surface area contributed by atoms with Crippen molar-refractivity contribution in [2.75, 3.05) is 32.8 Å². The van der Waals surface area contributed by atoms with Crippen LogP contribution in [0, 0.1) is 6.92 Å². The second kappa shape index (κ2) is 10.2. The van der Waals surface area contributed by atoms with E-state index < -0.39 is 6.10 Å². The predicted octanol–water partition coefficient (Wildman–Crippen LogP) is 4.21. The normalized spacial score (nSPS) is 18.4. The predicted molar refractivity (Wildman–Crippen MR) is 134 cm³/mol. The Balaban J connectivity index is 1.09. The molecule has 0 radical (unpaired) electrons. The number of nitrogens with zero attached hydrogens (tertiary/aromatic N) is 4. The van der Waals surface area contributed by atoms with Crippen LogP contribution in [0.4, 0.5) is 0 Å². The quantitative estimate of drug-likeness (QED) is 0.407. The van der Waals surface area contributed by atoms with Gasteiger partial charge in [0.25, 0.3) is 0 Å². The van der Waals surface area contributed by atoms with Gasteiger partial charge >= 0.3 is 0 Å². The maximum atomic E-state index is 10.6. The average molecular weight is 479 g/mol. The SMILES string of the molecule is Cc1nc2cc(OC[C@@H](O)CN3CCN(Cc4cc(-c5ccccc5)no4)C[C@@H]3C)ccc2s1. The van der Waals surface area contributed by atoms with Crippen LogP contribution < -0.4 is 4.74 Å². The number of thiazole rings is 1. The van der Waals surface area contributed by atoms with Crippen LogP contribution >= 0.6 is 11.3 Å². The Morgan fingerprint density at radius 1 is 1.18 bits per heavy atom. The second-order valence-corrected chi connectivity index (χ2v) is 10.2. The number of hydrogen-bond donors (Lipinski definition) is 1. The third-order valence-corrected chi connectivity index (χ3v) is 7.16. The van der Waals surface area contributed by atoms with Gasteiger partial charge in [-0.1, -0.05) is 35.5 Å². The Bertz CT molecular complexity index is 1230. The zero-order valence-electron chi connectivity index (χ0n) is 19.6. The zero-order chi connectivity index (χ0) is 23.5. The van der Waals surface area contributed by atoms with E-state index in [0.717, 1.165) is 64.2 Å². The monoisotopic (exact) mass is 478 g/mol. The first kappa shape index (κ1) is 23.0. The van der Waals surface area contributed by atoms with Gasteiger partial charge in [0, 0.05) is 49.9 Å². The van der Waals surface area contributed by atoms with E-state index in [1.807, 2.05) is 61.5 Å². The van der Waals surface area contributed by atoms with Crippen LogP contribution in [0.3, 0.4) is 0 Å². The number of fused-ring (bicyclic) bond motifs is 1. The molecule has 8 heteroatoms. The van der Waals surface area contributed by atoms with E-state index in [4.69, 9.17) is 9.26 Å². The fourth-order valence-corrected chi connectivity index (χ4v) is 5.27. The number of rotatable bonds is 8. The Kier molecular flexibility index (Phi) is 6.92. The largest absolute Gasteiger partial charge is 0.491 e. The van der Waals surface area contributed by atoms with Crippen LogP contribution in [-0.4, -0.2) is 70.0 Å². The molecule has 0 saturated carbocycles. The van der Waals surface area contributed by atoms with Gasteiger partial charge in [0.2, 0.25) is 0 Å². The van der Waals surface area contributed by atoms with Gasteiger partial charge in [0.05, 0.1) is 21.8 Å². The molecule has 178 valence electrons. The lowest BCUT2D eigenvalue weighted by Crippen LogP contribution is -2.53. The van der Waals surface area contributed by atoms with Gasteiger partial charge in [-0.05, 0) is 26.0 Å². The van der Waals surface area contributed by atoms with Gasteiger partial charge in [-0.15, -0.1) is 11.3 Å². The lowest BCUT2D eigenvalue weighted by molar-refractivity contribution is 0.0178. The molecule has 34 heavy (non-hydrogen) atoms. The van der Waals surface area contributed by atoms with E-state index >= 15 is 0 Å². The molecule has 0 bridgehead atoms. The molecular formula is C26H30N4O3S. The number of hydrogen-bond acceptors (Lipinski definition) is 8. The lowest BCUT2D eigenvalue weighted by Gasteiger charge is -2.40. The number of aromatic nitrogens is 2. The van der Waals surface area contributed by atoms with Crippen molar-refractivity contribution in [3.05, 3.63) is 65.4 Å². The molecule has 0 spiro atoms. The summed E-state index contributed by atoms with van der Waals surface area (Å²) in [5.41, 5.74) is 2.88. The Morgan fingerprint density at radius 3 is 2.85 bits per heavy atom. The molecule has 4 aromatic rings. The van der Waals surface area contributed by atoms with Crippen molar-refractivity contribution in [3.8, 4) is 17.0 Å². The summed E-state index contributed by atoms with van der Waals surface area (Å²) >= 11 is 1.67. The van der Waals surface area contributed by atoms with E-state index in [1.165, 1.54) is 0 Å². The molecule has 1 saturated heterocycles. The Labute approximate surface area is 203 Å². The molecule has 2 atom stereocenters. The lowest BCUT2D eigenvalue weighted by atomic mass is 10.1. The number of aliphatic hydroxyl groups excluding tert-OH is 1. The minimum absolute atomic E-state index is 0.266. The third-order valence-electron chi connectivity index (χ3n) is 6.21. The molecule has 7 nitrogen and oxygen atoms in total. The average Bonchev–Trinajstić information content (AvgIpc) is 3.45. The summed E-state index contributed by atoms with van der Waals surface area (Å²) in [6.45, 7) is 8.52. The molecule has 5 rings (SSSR count). The van der Waals surface area contributed by atoms with Crippen molar-refractivity contribution < 1.29 is 14.4 Å². The molecule has 1 fully saturated rings. The van der Waals surface area contributed by atoms with Crippen LogP contribution in [0.25, 0.3) is 21.5 Å². The van der Waals surface area contributed by atoms with Gasteiger partial charge in [-0.2, -0.15) is 0 Å². The van der Waals surface area contributed by atoms with E-state index in [2.05, 4.69) is 26.9 Å². The number of aliphatic hydroxyl groups is 1. The van der Waals surface area contributed by atoms with Crippen LogP contribution in [0.5, 0.6) is 5.75 Å². The van der Waals surface area contributed by atoms with Gasteiger partial charge < -0.3 is 14.4 Å². The van der Waals surface area contributed by atoms with E-state index in [9.17, 15) is 5.11 Å². The summed E-state index contributed by atoms with van der Waals surface area (Å²) in [7, 11) is 0. The third kappa shape index (κ3) is 5.47. The molecule has 3 heterocycles. The molecule has 1 aliphatic rings. The Hall–Kier alpha value is -2.78. The highest BCUT2D eigenvalue weighted by Crippen LogP contribution is 2.26. The topological polar surface area (TPSA) is 74.9 Å². The fourth-order valence-electron chi connectivity index (χ4n) is 4.47. The summed E-state index contributed by atoms with van der Waals surface area (Å²) in [6.07, 6.45) is -0.551. The standard InChI is InChI=1S/C26H30N4O3S/c1-18-14-29(16-23-13-24(28-33-23)20-6-4-3-5-7-20)10-11-30(18)15-21(31)17-32-22-8-9-26-25(12-22)27-19(2)34-26/h3-9,12-13,18,21,31H,10-11,14-17H2,1-2H3/t18-,21-/m0/s1. The summed E-state index contributed by atoms with van der Waals surface area (Å²) in [5, 5.41) is 15.9. The van der Waals surface area contributed by atoms with E-state index in [-0.39, 0.29) is 6.61 Å². The van der Waals surface area contributed by atoms with Gasteiger partial charge in [-0.3, -0.25) is 9.80 Å². The number of benzene rings is 2. The molecule has 0 amide bonds. The highest BCUT2D eigenvalue weighted by atomic mass is 32.1. The summed E-state index contributed by atoms with van der Waals surface area (Å²) in [4.78, 5) is 9.22. The smallest absolute Gasteiger partial charge is 0.151 e. The first-order valence-electron chi connectivity index (χ1n) is 11.7. The first-order valence-corrected chi connectivity index (χ1v) is 12.5. The molecule has 2 aromatic carbocycles. The summed E-state index contributed by atoms with van der Waals surface area (Å²) in [6, 6.07) is 18.4. The molecule has 0 unspecified atom stereocenters. The summed E-state index contributed by atoms with van der Waals surface area (Å²) in [5.74, 6) is 1.62. The van der Waals surface area contributed by atoms with E-state index in [1.54, 1.807) is 11.3 Å². The minimum Gasteiger partial charge on any atom is -0.491 e. The van der Waals surface area contributed by atoms with Crippen LogP contribution in [-0.2, 0) is 6.54 Å². The number of aryl methyl sites for hydroxylation is 1. The maximum absolute atomic E-state index is 10.6. The van der Waals surface area contributed by atoms with Crippen molar-refractivity contribution in [2.45, 2.75) is 32.5 Å². The highest BCUT2D eigenvalue weighted by Gasteiger charge is 2.26. The van der Waals surface area contributed by atoms with Gasteiger partial charge in [0.15, 0.2) is 5.76 Å². The van der Waals surface area contributed by atoms with Crippen molar-refractivity contribution in [1.29, 1.82) is 0 Å². The molecule has 0 aliphatic carbocycles. The Morgan fingerprint density at radius 2 is 2.03 bits per heavy atom. The van der Waals surface area contributed by atoms with E-state index in [0.29, 0.717) is 12.6 Å². The molecule has 1 aliphatic heterocycles. The van der Waals surface area contributed by atoms with Crippen molar-refractivity contribution in [1.82, 2.24) is 19.9 Å². The molecular weight excluding hydrogens is 448 g/mol. The van der Waals surface area contributed by atoms with Crippen molar-refractivity contribution in [3.63, 3.8) is 0 Å². The van der Waals surface area contributed by atoms with Crippen LogP contribution in [0.15, 0.2) is 59.1 Å². The fraction of sp³-hybridized carbons (Fsp3) is 0.385. The number of β-amino-alcohol motifs (C(OH)–C–C–N with tert-alkyl or cyclic N) is 1. The first-order chi connectivity index (χ1) is 16.5. The van der Waals surface area contributed by atoms with Crippen LogP contribution in [0.1, 0.15) is 17.7 Å². The van der Waals surface area contributed by atoms with Gasteiger partial charge in [0.1, 0.15) is 24.2 Å². The van der Waals surface area contributed by atoms with Crippen molar-refractivity contribution in [2.24, 2.45) is 0 Å². The number of ether oxygens (including phenoxy) is 1. The molecule has 2 aromatic heterocycles. The minimum atomic E-state index is -0.551. The highest BCUT2D eigenvalue weighted by molar-refractivity contribution is 7.18. The second-order valence-electron chi connectivity index (χ2n) is 8.95. The molecule has 1 N–H and O–H groups in total.